The summed E-state index contributed by atoms with van der Waals surface area (Å²) in [6.07, 6.45) is -30.7. The maximum atomic E-state index is 11.7. The molecule has 0 unspecified atom stereocenters. The lowest BCUT2D eigenvalue weighted by Gasteiger charge is -2.38. The van der Waals surface area contributed by atoms with E-state index in [0.29, 0.717) is 0 Å². The predicted octanol–water partition coefficient (Wildman–Crippen LogP) is 0.886. The topological polar surface area (TPSA) is 0 Å². The molecule has 18 heavy (non-hydrogen) atoms. The van der Waals surface area contributed by atoms with Crippen LogP contribution in [0, 0.1) is 0 Å². The van der Waals surface area contributed by atoms with Crippen molar-refractivity contribution in [3.8, 4) is 0 Å². The molecule has 0 aromatic heterocycles. The number of hydrogen-bond acceptors (Lipinski definition) is 0. The minimum atomic E-state index is -7.67. The molecule has 0 aromatic rings. The number of hydrogen-bond donors (Lipinski definition) is 0. The Morgan fingerprint density at radius 3 is 0.500 bits per heavy atom. The van der Waals surface area contributed by atoms with Crippen molar-refractivity contribution in [1.82, 2.24) is 0 Å². The van der Waals surface area contributed by atoms with E-state index < -0.39 is 29.7 Å². The number of nitrogens with zero attached hydrogens (tertiary/aromatic N) is 1. The zero-order chi connectivity index (χ0) is 14.5. The molecule has 1 nitrogen and oxygen atoms in total. The summed E-state index contributed by atoms with van der Waals surface area (Å²) in [7, 11) is 0. The van der Waals surface area contributed by atoms with Gasteiger partial charge in [0.1, 0.15) is 0 Å². The standard InChI is InChI=1S/C4F12N.ClH/c5-1(6,7)17(2(8,9)10,3(11,12)13)4(14,15)16;/h;1H/q+1;/p-1. The first-order chi connectivity index (χ1) is 7.00. The SMILES string of the molecule is FC(F)(F)[N+](C(F)(F)F)(C(F)(F)F)C(F)(F)F.[Cl-]. The summed E-state index contributed by atoms with van der Waals surface area (Å²) in [5.74, 6) is 0. The number of halogens is 13. The van der Waals surface area contributed by atoms with Crippen molar-refractivity contribution in [2.45, 2.75) is 25.2 Å². The smallest absolute Gasteiger partial charge is 0.583 e. The Morgan fingerprint density at radius 2 is 0.500 bits per heavy atom. The second kappa shape index (κ2) is 4.51. The van der Waals surface area contributed by atoms with Gasteiger partial charge in [0.2, 0.25) is 0 Å². The molecule has 0 spiro atoms. The maximum Gasteiger partial charge on any atom is 0.583 e. The fraction of sp³-hybridized carbons (Fsp3) is 1.00. The van der Waals surface area contributed by atoms with E-state index in [2.05, 4.69) is 0 Å². The molecule has 0 N–H and O–H groups in total. The quantitative estimate of drug-likeness (QED) is 0.352. The van der Waals surface area contributed by atoms with Crippen molar-refractivity contribution in [3.05, 3.63) is 0 Å². The lowest BCUT2D eigenvalue weighted by atomic mass is 10.5. The van der Waals surface area contributed by atoms with Gasteiger partial charge in [-0.15, -0.1) is 52.7 Å². The molecule has 0 aromatic carbocycles. The number of rotatable bonds is 0. The predicted molar refractivity (Wildman–Crippen MR) is 24.5 cm³/mol. The number of quaternary nitrogens is 1. The summed E-state index contributed by atoms with van der Waals surface area (Å²) in [6.45, 7) is 0. The highest BCUT2D eigenvalue weighted by atomic mass is 35.5. The van der Waals surface area contributed by atoms with Crippen LogP contribution in [0.1, 0.15) is 0 Å². The summed E-state index contributed by atoms with van der Waals surface area (Å²) in [5, 5.41) is 0. The minimum absolute atomic E-state index is 0. The second-order valence-electron chi connectivity index (χ2n) is 2.54. The summed E-state index contributed by atoms with van der Waals surface area (Å²) < 4.78 is 133. The first-order valence-electron chi connectivity index (χ1n) is 3.16. The molecule has 0 aliphatic carbocycles. The van der Waals surface area contributed by atoms with Gasteiger partial charge in [0, 0.05) is 4.48 Å². The van der Waals surface area contributed by atoms with Gasteiger partial charge in [-0.3, -0.25) is 0 Å². The van der Waals surface area contributed by atoms with Crippen molar-refractivity contribution >= 4 is 0 Å². The van der Waals surface area contributed by atoms with Crippen LogP contribution in [-0.2, 0) is 0 Å². The zero-order valence-electron chi connectivity index (χ0n) is 7.36. The lowest BCUT2D eigenvalue weighted by molar-refractivity contribution is -1.23. The summed E-state index contributed by atoms with van der Waals surface area (Å²) in [6, 6.07) is 0. The highest BCUT2D eigenvalue weighted by Crippen LogP contribution is 2.58. The van der Waals surface area contributed by atoms with Gasteiger partial charge in [0.15, 0.2) is 0 Å². The van der Waals surface area contributed by atoms with E-state index in [9.17, 15) is 52.7 Å². The molecular formula is C4ClF12N. The van der Waals surface area contributed by atoms with Crippen molar-refractivity contribution in [2.24, 2.45) is 0 Å². The van der Waals surface area contributed by atoms with Crippen LogP contribution in [-0.4, -0.2) is 29.7 Å². The van der Waals surface area contributed by atoms with Gasteiger partial charge in [0.25, 0.3) is 0 Å². The largest absolute Gasteiger partial charge is 1.00 e. The Morgan fingerprint density at radius 1 is 0.389 bits per heavy atom. The van der Waals surface area contributed by atoms with Gasteiger partial charge < -0.3 is 12.4 Å². The Kier molecular flexibility index (Phi) is 4.94. The molecule has 0 amide bonds. The highest BCUT2D eigenvalue weighted by Gasteiger charge is 2.95. The zero-order valence-corrected chi connectivity index (χ0v) is 8.12. The van der Waals surface area contributed by atoms with E-state index in [4.69, 9.17) is 0 Å². The molecular weight excluding hydrogens is 325 g/mol. The molecule has 0 radical (unpaired) electrons. The van der Waals surface area contributed by atoms with Crippen molar-refractivity contribution < 1.29 is 69.6 Å². The third kappa shape index (κ3) is 2.55. The van der Waals surface area contributed by atoms with E-state index in [1.54, 1.807) is 0 Å². The van der Waals surface area contributed by atoms with Crippen LogP contribution in [0.3, 0.4) is 0 Å². The molecule has 0 saturated carbocycles. The van der Waals surface area contributed by atoms with Gasteiger partial charge >= 0.3 is 25.2 Å². The third-order valence-corrected chi connectivity index (χ3v) is 1.52. The maximum absolute atomic E-state index is 11.7. The third-order valence-electron chi connectivity index (χ3n) is 1.52. The van der Waals surface area contributed by atoms with E-state index >= 15 is 0 Å². The van der Waals surface area contributed by atoms with Crippen molar-refractivity contribution in [1.29, 1.82) is 0 Å². The van der Waals surface area contributed by atoms with Crippen molar-refractivity contribution in [2.75, 3.05) is 0 Å². The normalized spacial score (nSPS) is 15.3. The molecule has 0 saturated heterocycles. The van der Waals surface area contributed by atoms with E-state index in [1.807, 2.05) is 0 Å². The fourth-order valence-electron chi connectivity index (χ4n) is 0.862. The molecule has 0 heterocycles. The second-order valence-corrected chi connectivity index (χ2v) is 2.54. The first kappa shape index (κ1) is 19.7. The van der Waals surface area contributed by atoms with Gasteiger partial charge in [-0.05, 0) is 0 Å². The molecule has 0 rings (SSSR count). The Hall–Kier alpha value is -0.590. The summed E-state index contributed by atoms with van der Waals surface area (Å²) in [5.41, 5.74) is 0. The van der Waals surface area contributed by atoms with E-state index in [-0.39, 0.29) is 12.4 Å². The molecule has 14 heteroatoms. The lowest BCUT2D eigenvalue weighted by Crippen LogP contribution is -3.00. The molecule has 112 valence electrons. The van der Waals surface area contributed by atoms with E-state index in [1.165, 1.54) is 0 Å². The summed E-state index contributed by atoms with van der Waals surface area (Å²) in [4.78, 5) is 0. The monoisotopic (exact) mass is 325 g/mol. The average Bonchev–Trinajstić information content (AvgIpc) is 1.67. The minimum Gasteiger partial charge on any atom is -1.00 e. The van der Waals surface area contributed by atoms with Gasteiger partial charge in [-0.25, -0.2) is 0 Å². The highest BCUT2D eigenvalue weighted by molar-refractivity contribution is 4.55. The molecule has 0 atom stereocenters. The molecule has 0 bridgehead atoms. The number of alkyl halides is 12. The average molecular weight is 325 g/mol. The van der Waals surface area contributed by atoms with Crippen molar-refractivity contribution in [3.63, 3.8) is 0 Å². The van der Waals surface area contributed by atoms with E-state index in [0.717, 1.165) is 0 Å². The molecule has 0 aliphatic rings. The van der Waals surface area contributed by atoms with Gasteiger partial charge in [0.05, 0.1) is 0 Å². The van der Waals surface area contributed by atoms with Crippen LogP contribution in [0.2, 0.25) is 0 Å². The molecule has 0 fully saturated rings. The first-order valence-corrected chi connectivity index (χ1v) is 3.16. The molecule has 0 aliphatic heterocycles. The van der Waals surface area contributed by atoms with Crippen LogP contribution in [0.25, 0.3) is 0 Å². The Labute approximate surface area is 95.9 Å². The van der Waals surface area contributed by atoms with Crippen LogP contribution in [0.5, 0.6) is 0 Å². The Balaban J connectivity index is 0. The summed E-state index contributed by atoms with van der Waals surface area (Å²) >= 11 is 0. The van der Waals surface area contributed by atoms with Crippen LogP contribution >= 0.6 is 0 Å². The van der Waals surface area contributed by atoms with Gasteiger partial charge in [-0.1, -0.05) is 0 Å². The van der Waals surface area contributed by atoms with Crippen LogP contribution < -0.4 is 12.4 Å². The fourth-order valence-corrected chi connectivity index (χ4v) is 0.862. The Bertz CT molecular complexity index is 217. The van der Waals surface area contributed by atoms with Crippen LogP contribution in [0.4, 0.5) is 52.7 Å². The van der Waals surface area contributed by atoms with Crippen LogP contribution in [0.15, 0.2) is 0 Å². The van der Waals surface area contributed by atoms with Gasteiger partial charge in [-0.2, -0.15) is 0 Å².